The van der Waals surface area contributed by atoms with E-state index in [0.717, 1.165) is 30.8 Å². The summed E-state index contributed by atoms with van der Waals surface area (Å²) in [6, 6.07) is 4.25. The zero-order valence-electron chi connectivity index (χ0n) is 11.5. The fourth-order valence-corrected chi connectivity index (χ4v) is 1.94. The first-order valence-electron chi connectivity index (χ1n) is 6.70. The maximum Gasteiger partial charge on any atom is 0.0759 e. The lowest BCUT2D eigenvalue weighted by Gasteiger charge is -2.17. The molecule has 2 rings (SSSR count). The minimum absolute atomic E-state index is 0.192. The summed E-state index contributed by atoms with van der Waals surface area (Å²) in [4.78, 5) is 13.0. The molecule has 0 aromatic carbocycles. The van der Waals surface area contributed by atoms with Gasteiger partial charge in [0.05, 0.1) is 23.6 Å². The summed E-state index contributed by atoms with van der Waals surface area (Å²) < 4.78 is 0. The molecule has 4 nitrogen and oxygen atoms in total. The molecule has 0 aliphatic heterocycles. The van der Waals surface area contributed by atoms with Crippen LogP contribution in [0.25, 0.3) is 0 Å². The van der Waals surface area contributed by atoms with Crippen LogP contribution in [-0.4, -0.2) is 21.5 Å². The van der Waals surface area contributed by atoms with Crippen molar-refractivity contribution in [1.82, 2.24) is 20.3 Å². The molecule has 4 heteroatoms. The van der Waals surface area contributed by atoms with Crippen molar-refractivity contribution in [3.8, 4) is 0 Å². The Morgan fingerprint density at radius 2 is 2.11 bits per heavy atom. The molecule has 2 heterocycles. The highest BCUT2D eigenvalue weighted by atomic mass is 14.9. The summed E-state index contributed by atoms with van der Waals surface area (Å²) in [5, 5.41) is 3.52. The maximum atomic E-state index is 4.48. The average molecular weight is 256 g/mol. The molecule has 0 aliphatic rings. The Kier molecular flexibility index (Phi) is 4.98. The van der Waals surface area contributed by atoms with Gasteiger partial charge in [0.2, 0.25) is 0 Å². The molecule has 0 saturated carbocycles. The van der Waals surface area contributed by atoms with E-state index in [2.05, 4.69) is 33.3 Å². The van der Waals surface area contributed by atoms with Gasteiger partial charge < -0.3 is 5.32 Å². The zero-order valence-corrected chi connectivity index (χ0v) is 11.5. The van der Waals surface area contributed by atoms with Crippen molar-refractivity contribution < 1.29 is 0 Å². The lowest BCUT2D eigenvalue weighted by Crippen LogP contribution is -2.25. The van der Waals surface area contributed by atoms with Crippen molar-refractivity contribution in [2.75, 3.05) is 6.54 Å². The molecule has 1 unspecified atom stereocenters. The highest BCUT2D eigenvalue weighted by molar-refractivity contribution is 5.15. The van der Waals surface area contributed by atoms with E-state index in [1.165, 1.54) is 5.56 Å². The van der Waals surface area contributed by atoms with Crippen molar-refractivity contribution in [3.05, 3.63) is 53.9 Å². The summed E-state index contributed by atoms with van der Waals surface area (Å²) in [5.74, 6) is 0. The summed E-state index contributed by atoms with van der Waals surface area (Å²) >= 11 is 0. The SMILES string of the molecule is CCCNC(Cc1cccnc1)c1cnc(C)cn1. The number of rotatable bonds is 6. The Bertz CT molecular complexity index is 481. The van der Waals surface area contributed by atoms with Gasteiger partial charge in [-0.1, -0.05) is 13.0 Å². The third-order valence-electron chi connectivity index (χ3n) is 2.96. The maximum absolute atomic E-state index is 4.48. The Morgan fingerprint density at radius 3 is 2.74 bits per heavy atom. The quantitative estimate of drug-likeness (QED) is 0.862. The topological polar surface area (TPSA) is 50.7 Å². The molecule has 19 heavy (non-hydrogen) atoms. The fraction of sp³-hybridized carbons (Fsp3) is 0.400. The summed E-state index contributed by atoms with van der Waals surface area (Å²) in [7, 11) is 0. The van der Waals surface area contributed by atoms with Crippen molar-refractivity contribution in [2.24, 2.45) is 0 Å². The standard InChI is InChI=1S/C15H20N4/c1-3-6-17-14(8-13-5-4-7-16-10-13)15-11-18-12(2)9-19-15/h4-5,7,9-11,14,17H,3,6,8H2,1-2H3. The molecule has 0 fully saturated rings. The Morgan fingerprint density at radius 1 is 1.21 bits per heavy atom. The Labute approximate surface area is 114 Å². The minimum atomic E-state index is 0.192. The van der Waals surface area contributed by atoms with E-state index in [4.69, 9.17) is 0 Å². The second-order valence-electron chi connectivity index (χ2n) is 4.65. The second kappa shape index (κ2) is 6.95. The van der Waals surface area contributed by atoms with Crippen LogP contribution >= 0.6 is 0 Å². The van der Waals surface area contributed by atoms with Gasteiger partial charge in [-0.15, -0.1) is 0 Å². The molecule has 0 radical (unpaired) electrons. The normalized spacial score (nSPS) is 12.3. The molecular formula is C15H20N4. The predicted octanol–water partition coefficient (Wildman–Crippen LogP) is 2.46. The number of aromatic nitrogens is 3. The van der Waals surface area contributed by atoms with E-state index in [1.54, 1.807) is 6.20 Å². The van der Waals surface area contributed by atoms with Crippen LogP contribution < -0.4 is 5.32 Å². The van der Waals surface area contributed by atoms with Crippen molar-refractivity contribution >= 4 is 0 Å². The molecule has 0 aliphatic carbocycles. The van der Waals surface area contributed by atoms with Gasteiger partial charge in [0.15, 0.2) is 0 Å². The van der Waals surface area contributed by atoms with Gasteiger partial charge in [0, 0.05) is 18.6 Å². The molecule has 2 aromatic rings. The lowest BCUT2D eigenvalue weighted by atomic mass is 10.0. The molecule has 0 spiro atoms. The molecule has 0 bridgehead atoms. The van der Waals surface area contributed by atoms with Crippen LogP contribution in [-0.2, 0) is 6.42 Å². The van der Waals surface area contributed by atoms with Crippen LogP contribution in [0, 0.1) is 6.92 Å². The molecule has 0 amide bonds. The number of nitrogens with zero attached hydrogens (tertiary/aromatic N) is 3. The van der Waals surface area contributed by atoms with E-state index in [9.17, 15) is 0 Å². The Hall–Kier alpha value is -1.81. The number of hydrogen-bond acceptors (Lipinski definition) is 4. The van der Waals surface area contributed by atoms with E-state index in [-0.39, 0.29) is 6.04 Å². The van der Waals surface area contributed by atoms with E-state index >= 15 is 0 Å². The lowest BCUT2D eigenvalue weighted by molar-refractivity contribution is 0.515. The third kappa shape index (κ3) is 4.10. The van der Waals surface area contributed by atoms with Gasteiger partial charge in [-0.05, 0) is 37.9 Å². The highest BCUT2D eigenvalue weighted by Crippen LogP contribution is 2.15. The van der Waals surface area contributed by atoms with Crippen molar-refractivity contribution in [3.63, 3.8) is 0 Å². The first-order chi connectivity index (χ1) is 9.29. The van der Waals surface area contributed by atoms with Crippen LogP contribution in [0.5, 0.6) is 0 Å². The largest absolute Gasteiger partial charge is 0.308 e. The molecular weight excluding hydrogens is 236 g/mol. The highest BCUT2D eigenvalue weighted by Gasteiger charge is 2.13. The molecule has 100 valence electrons. The Balaban J connectivity index is 2.13. The monoisotopic (exact) mass is 256 g/mol. The molecule has 0 saturated heterocycles. The van der Waals surface area contributed by atoms with Crippen molar-refractivity contribution in [1.29, 1.82) is 0 Å². The van der Waals surface area contributed by atoms with E-state index < -0.39 is 0 Å². The van der Waals surface area contributed by atoms with Gasteiger partial charge in [-0.3, -0.25) is 15.0 Å². The number of hydrogen-bond donors (Lipinski definition) is 1. The number of nitrogens with one attached hydrogen (secondary N) is 1. The van der Waals surface area contributed by atoms with Gasteiger partial charge in [0.1, 0.15) is 0 Å². The van der Waals surface area contributed by atoms with Crippen LogP contribution in [0.1, 0.15) is 36.3 Å². The van der Waals surface area contributed by atoms with E-state index in [1.807, 2.05) is 31.6 Å². The zero-order chi connectivity index (χ0) is 13.5. The number of aryl methyl sites for hydroxylation is 1. The summed E-state index contributed by atoms with van der Waals surface area (Å²) in [6.45, 7) is 5.09. The van der Waals surface area contributed by atoms with Crippen LogP contribution in [0.2, 0.25) is 0 Å². The van der Waals surface area contributed by atoms with Crippen molar-refractivity contribution in [2.45, 2.75) is 32.7 Å². The molecule has 1 N–H and O–H groups in total. The van der Waals surface area contributed by atoms with E-state index in [0.29, 0.717) is 0 Å². The average Bonchev–Trinajstić information content (AvgIpc) is 2.45. The van der Waals surface area contributed by atoms with Gasteiger partial charge in [0.25, 0.3) is 0 Å². The van der Waals surface area contributed by atoms with Gasteiger partial charge >= 0.3 is 0 Å². The minimum Gasteiger partial charge on any atom is -0.308 e. The van der Waals surface area contributed by atoms with Crippen LogP contribution in [0.3, 0.4) is 0 Å². The summed E-state index contributed by atoms with van der Waals surface area (Å²) in [5.41, 5.74) is 3.14. The predicted molar refractivity (Wildman–Crippen MR) is 75.7 cm³/mol. The fourth-order valence-electron chi connectivity index (χ4n) is 1.94. The smallest absolute Gasteiger partial charge is 0.0759 e. The summed E-state index contributed by atoms with van der Waals surface area (Å²) in [6.07, 6.45) is 9.36. The van der Waals surface area contributed by atoms with Gasteiger partial charge in [-0.25, -0.2) is 0 Å². The van der Waals surface area contributed by atoms with Crippen LogP contribution in [0.15, 0.2) is 36.9 Å². The van der Waals surface area contributed by atoms with Crippen LogP contribution in [0.4, 0.5) is 0 Å². The third-order valence-corrected chi connectivity index (χ3v) is 2.96. The molecule has 2 aromatic heterocycles. The first kappa shape index (κ1) is 13.6. The van der Waals surface area contributed by atoms with Gasteiger partial charge in [-0.2, -0.15) is 0 Å². The first-order valence-corrected chi connectivity index (χ1v) is 6.70. The molecule has 1 atom stereocenters. The number of pyridine rings is 1. The second-order valence-corrected chi connectivity index (χ2v) is 4.65.